The number of aromatic amines is 1. The standard InChI is InChI=1S/C4H6N3O/c8-2-1-4-3-5-7-6-4/h3H,1-2H2,(H,5,6,7). The highest BCUT2D eigenvalue weighted by atomic mass is 16.3. The first-order chi connectivity index (χ1) is 3.93. The summed E-state index contributed by atoms with van der Waals surface area (Å²) in [7, 11) is 0. The molecule has 0 aromatic carbocycles. The lowest BCUT2D eigenvalue weighted by molar-refractivity contribution is 0.196. The maximum absolute atomic E-state index is 9.92. The van der Waals surface area contributed by atoms with Gasteiger partial charge in [-0.05, 0) is 0 Å². The van der Waals surface area contributed by atoms with Gasteiger partial charge in [0.2, 0.25) is 0 Å². The van der Waals surface area contributed by atoms with Gasteiger partial charge >= 0.3 is 0 Å². The van der Waals surface area contributed by atoms with E-state index in [0.717, 1.165) is 5.69 Å². The van der Waals surface area contributed by atoms with Crippen LogP contribution in [0, 0.1) is 0 Å². The SMILES string of the molecule is [O]CCc1c[nH]nn1. The van der Waals surface area contributed by atoms with Gasteiger partial charge in [-0.3, -0.25) is 5.10 Å². The summed E-state index contributed by atoms with van der Waals surface area (Å²) < 4.78 is 0. The number of aromatic nitrogens is 3. The van der Waals surface area contributed by atoms with E-state index in [1.807, 2.05) is 0 Å². The topological polar surface area (TPSA) is 61.5 Å². The highest BCUT2D eigenvalue weighted by molar-refractivity contribution is 4.89. The molecule has 0 aliphatic carbocycles. The van der Waals surface area contributed by atoms with Gasteiger partial charge in [-0.1, -0.05) is 5.21 Å². The Morgan fingerprint density at radius 3 is 3.12 bits per heavy atom. The van der Waals surface area contributed by atoms with Crippen LogP contribution in [0.15, 0.2) is 6.20 Å². The van der Waals surface area contributed by atoms with Crippen LogP contribution in [-0.4, -0.2) is 22.0 Å². The van der Waals surface area contributed by atoms with Crippen LogP contribution in [-0.2, 0) is 11.5 Å². The smallest absolute Gasteiger partial charge is 0.0879 e. The van der Waals surface area contributed by atoms with Crippen molar-refractivity contribution in [2.24, 2.45) is 0 Å². The molecule has 0 aliphatic heterocycles. The summed E-state index contributed by atoms with van der Waals surface area (Å²) in [5, 5.41) is 19.5. The molecule has 0 bridgehead atoms. The van der Waals surface area contributed by atoms with E-state index in [0.29, 0.717) is 6.42 Å². The molecule has 0 fully saturated rings. The number of H-pyrrole nitrogens is 1. The zero-order valence-electron chi connectivity index (χ0n) is 4.29. The first kappa shape index (κ1) is 5.24. The molecule has 4 heteroatoms. The third kappa shape index (κ3) is 1.04. The molecule has 0 atom stereocenters. The zero-order chi connectivity index (χ0) is 5.82. The first-order valence-corrected chi connectivity index (χ1v) is 2.37. The molecule has 43 valence electrons. The van der Waals surface area contributed by atoms with E-state index in [2.05, 4.69) is 15.4 Å². The lowest BCUT2D eigenvalue weighted by atomic mass is 10.4. The fourth-order valence-electron chi connectivity index (χ4n) is 0.452. The molecule has 4 nitrogen and oxygen atoms in total. The number of rotatable bonds is 2. The Morgan fingerprint density at radius 1 is 1.75 bits per heavy atom. The average molecular weight is 112 g/mol. The third-order valence-electron chi connectivity index (χ3n) is 0.826. The normalized spacial score (nSPS) is 9.62. The largest absolute Gasteiger partial charge is 0.265 e. The highest BCUT2D eigenvalue weighted by Gasteiger charge is 1.91. The zero-order valence-corrected chi connectivity index (χ0v) is 4.29. The molecule has 0 saturated carbocycles. The third-order valence-corrected chi connectivity index (χ3v) is 0.826. The van der Waals surface area contributed by atoms with Crippen molar-refractivity contribution in [3.63, 3.8) is 0 Å². The van der Waals surface area contributed by atoms with Gasteiger partial charge in [-0.2, -0.15) is 0 Å². The molecule has 1 radical (unpaired) electrons. The average Bonchev–Trinajstić information content (AvgIpc) is 2.19. The van der Waals surface area contributed by atoms with E-state index in [-0.39, 0.29) is 6.61 Å². The van der Waals surface area contributed by atoms with Gasteiger partial charge in [0.05, 0.1) is 12.3 Å². The molecule has 1 rings (SSSR count). The second kappa shape index (κ2) is 2.42. The molecule has 0 saturated heterocycles. The van der Waals surface area contributed by atoms with Gasteiger partial charge in [0.25, 0.3) is 0 Å². The Morgan fingerprint density at radius 2 is 2.62 bits per heavy atom. The fourth-order valence-corrected chi connectivity index (χ4v) is 0.452. The lowest BCUT2D eigenvalue weighted by Gasteiger charge is -1.80. The van der Waals surface area contributed by atoms with E-state index >= 15 is 0 Å². The monoisotopic (exact) mass is 112 g/mol. The van der Waals surface area contributed by atoms with E-state index in [9.17, 15) is 5.11 Å². The summed E-state index contributed by atoms with van der Waals surface area (Å²) in [6.07, 6.45) is 2.09. The van der Waals surface area contributed by atoms with Gasteiger partial charge in [-0.25, -0.2) is 5.11 Å². The molecule has 1 heterocycles. The Bertz CT molecular complexity index is 137. The predicted octanol–water partition coefficient (Wildman–Crippen LogP) is -0.222. The second-order valence-electron chi connectivity index (χ2n) is 1.42. The summed E-state index contributed by atoms with van der Waals surface area (Å²) in [6, 6.07) is 0. The van der Waals surface area contributed by atoms with Gasteiger partial charge in [-0.15, -0.1) is 5.10 Å². The van der Waals surface area contributed by atoms with Crippen LogP contribution in [0.5, 0.6) is 0 Å². The minimum absolute atomic E-state index is 0.119. The Balaban J connectivity index is 2.50. The predicted molar refractivity (Wildman–Crippen MR) is 25.6 cm³/mol. The van der Waals surface area contributed by atoms with E-state index < -0.39 is 0 Å². The summed E-state index contributed by atoms with van der Waals surface area (Å²) >= 11 is 0. The number of nitrogens with zero attached hydrogens (tertiary/aromatic N) is 2. The molecule has 0 spiro atoms. The number of hydrogen-bond acceptors (Lipinski definition) is 2. The van der Waals surface area contributed by atoms with E-state index in [1.165, 1.54) is 0 Å². The molecule has 1 aromatic rings. The Labute approximate surface area is 46.5 Å². The number of nitrogens with one attached hydrogen (secondary N) is 1. The molecule has 0 amide bonds. The molecule has 8 heavy (non-hydrogen) atoms. The van der Waals surface area contributed by atoms with Crippen molar-refractivity contribution < 1.29 is 5.11 Å². The molecular formula is C4H6N3O. The van der Waals surface area contributed by atoms with E-state index in [4.69, 9.17) is 0 Å². The van der Waals surface area contributed by atoms with Gasteiger partial charge in [0.1, 0.15) is 0 Å². The van der Waals surface area contributed by atoms with Crippen molar-refractivity contribution in [1.29, 1.82) is 0 Å². The number of hydrogen-bond donors (Lipinski definition) is 1. The van der Waals surface area contributed by atoms with Crippen molar-refractivity contribution in [3.8, 4) is 0 Å². The van der Waals surface area contributed by atoms with E-state index in [1.54, 1.807) is 6.20 Å². The summed E-state index contributed by atoms with van der Waals surface area (Å²) in [5.74, 6) is 0. The molecule has 1 N–H and O–H groups in total. The van der Waals surface area contributed by atoms with Gasteiger partial charge in [0.15, 0.2) is 0 Å². The summed E-state index contributed by atoms with van der Waals surface area (Å²) in [4.78, 5) is 0. The van der Waals surface area contributed by atoms with Crippen molar-refractivity contribution in [3.05, 3.63) is 11.9 Å². The Hall–Kier alpha value is -0.900. The fraction of sp³-hybridized carbons (Fsp3) is 0.500. The van der Waals surface area contributed by atoms with Crippen LogP contribution in [0.2, 0.25) is 0 Å². The van der Waals surface area contributed by atoms with Crippen molar-refractivity contribution >= 4 is 0 Å². The maximum atomic E-state index is 9.92. The maximum Gasteiger partial charge on any atom is 0.0879 e. The minimum atomic E-state index is -0.119. The lowest BCUT2D eigenvalue weighted by Crippen LogP contribution is -1.87. The Kier molecular flexibility index (Phi) is 1.58. The summed E-state index contributed by atoms with van der Waals surface area (Å²) in [6.45, 7) is -0.119. The van der Waals surface area contributed by atoms with Crippen molar-refractivity contribution in [2.75, 3.05) is 6.61 Å². The molecular weight excluding hydrogens is 106 g/mol. The first-order valence-electron chi connectivity index (χ1n) is 2.37. The van der Waals surface area contributed by atoms with Crippen LogP contribution in [0.25, 0.3) is 0 Å². The molecule has 0 unspecified atom stereocenters. The van der Waals surface area contributed by atoms with Gasteiger partial charge < -0.3 is 0 Å². The van der Waals surface area contributed by atoms with Crippen molar-refractivity contribution in [1.82, 2.24) is 15.4 Å². The highest BCUT2D eigenvalue weighted by Crippen LogP contribution is 1.86. The summed E-state index contributed by atoms with van der Waals surface area (Å²) in [5.41, 5.74) is 0.736. The van der Waals surface area contributed by atoms with Crippen LogP contribution in [0.4, 0.5) is 0 Å². The van der Waals surface area contributed by atoms with Crippen LogP contribution in [0.1, 0.15) is 5.69 Å². The minimum Gasteiger partial charge on any atom is -0.265 e. The van der Waals surface area contributed by atoms with Crippen LogP contribution < -0.4 is 0 Å². The second-order valence-corrected chi connectivity index (χ2v) is 1.42. The van der Waals surface area contributed by atoms with Crippen molar-refractivity contribution in [2.45, 2.75) is 6.42 Å². The van der Waals surface area contributed by atoms with Crippen LogP contribution in [0.3, 0.4) is 0 Å². The van der Waals surface area contributed by atoms with Crippen LogP contribution >= 0.6 is 0 Å². The van der Waals surface area contributed by atoms with Gasteiger partial charge in [0, 0.05) is 12.6 Å². The molecule has 0 aliphatic rings. The molecule has 1 aromatic heterocycles. The quantitative estimate of drug-likeness (QED) is 0.574.